The Morgan fingerprint density at radius 2 is 1.11 bits per heavy atom. The van der Waals surface area contributed by atoms with Crippen LogP contribution in [0, 0.1) is 0 Å². The quantitative estimate of drug-likeness (QED) is 0.461. The average molecular weight is 242 g/mol. The lowest BCUT2D eigenvalue weighted by atomic mass is 9.98. The van der Waals surface area contributed by atoms with Crippen molar-refractivity contribution in [3.8, 4) is 0 Å². The van der Waals surface area contributed by atoms with Gasteiger partial charge in [-0.1, -0.05) is 37.4 Å². The molecule has 19 heavy (non-hydrogen) atoms. The van der Waals surface area contributed by atoms with E-state index in [9.17, 15) is 0 Å². The number of hydrogen-bond acceptors (Lipinski definition) is 0. The maximum Gasteiger partial charge on any atom is -0.00252 e. The summed E-state index contributed by atoms with van der Waals surface area (Å²) in [4.78, 5) is 0. The molecule has 0 saturated heterocycles. The van der Waals surface area contributed by atoms with Gasteiger partial charge < -0.3 is 0 Å². The molecule has 0 amide bonds. The fourth-order valence-electron chi connectivity index (χ4n) is 3.03. The van der Waals surface area contributed by atoms with Crippen LogP contribution in [0.25, 0.3) is 32.7 Å². The molecule has 0 fully saturated rings. The van der Waals surface area contributed by atoms with Gasteiger partial charge in [0.1, 0.15) is 0 Å². The molecule has 0 aliphatic heterocycles. The summed E-state index contributed by atoms with van der Waals surface area (Å²) in [5.41, 5.74) is 4.92. The van der Waals surface area contributed by atoms with E-state index >= 15 is 0 Å². The maximum atomic E-state index is 4.15. The van der Waals surface area contributed by atoms with Gasteiger partial charge in [-0.05, 0) is 74.5 Å². The van der Waals surface area contributed by atoms with Crippen LogP contribution in [0.1, 0.15) is 17.5 Å². The Hall–Kier alpha value is -2.34. The zero-order valence-electron chi connectivity index (χ0n) is 10.7. The predicted molar refractivity (Wildman–Crippen MR) is 84.1 cm³/mol. The molecular formula is C19H14. The lowest BCUT2D eigenvalue weighted by Crippen LogP contribution is -1.83. The summed E-state index contributed by atoms with van der Waals surface area (Å²) in [7, 11) is 0. The first-order valence-corrected chi connectivity index (χ1v) is 6.55. The fraction of sp³-hybridized carbons (Fsp3) is 0.0526. The Kier molecular flexibility index (Phi) is 1.99. The van der Waals surface area contributed by atoms with Crippen LogP contribution in [0.3, 0.4) is 0 Å². The second-order valence-corrected chi connectivity index (χ2v) is 5.33. The molecule has 1 aliphatic carbocycles. The molecule has 1 aliphatic rings. The molecule has 0 heteroatoms. The first kappa shape index (κ1) is 10.6. The van der Waals surface area contributed by atoms with Gasteiger partial charge in [-0.3, -0.25) is 0 Å². The van der Waals surface area contributed by atoms with Gasteiger partial charge in [0, 0.05) is 0 Å². The van der Waals surface area contributed by atoms with Crippen molar-refractivity contribution in [3.05, 3.63) is 72.8 Å². The number of rotatable bonds is 0. The molecule has 0 N–H and O–H groups in total. The Morgan fingerprint density at radius 1 is 0.632 bits per heavy atom. The van der Waals surface area contributed by atoms with Gasteiger partial charge >= 0.3 is 0 Å². The highest BCUT2D eigenvalue weighted by Gasteiger charge is 2.18. The van der Waals surface area contributed by atoms with Gasteiger partial charge in [0.2, 0.25) is 0 Å². The number of fused-ring (bicyclic) bond motifs is 3. The van der Waals surface area contributed by atoms with Gasteiger partial charge in [-0.25, -0.2) is 0 Å². The molecular weight excluding hydrogens is 228 g/mol. The Morgan fingerprint density at radius 3 is 1.58 bits per heavy atom. The van der Waals surface area contributed by atoms with E-state index in [1.165, 1.54) is 43.8 Å². The Labute approximate surface area is 112 Å². The van der Waals surface area contributed by atoms with Gasteiger partial charge in [0.25, 0.3) is 0 Å². The minimum Gasteiger partial charge on any atom is -0.0949 e. The zero-order valence-corrected chi connectivity index (χ0v) is 10.7. The van der Waals surface area contributed by atoms with Crippen molar-refractivity contribution in [3.63, 3.8) is 0 Å². The highest BCUT2D eigenvalue weighted by Crippen LogP contribution is 2.41. The Balaban J connectivity index is 2.13. The lowest BCUT2D eigenvalue weighted by molar-refractivity contribution is 1.54. The van der Waals surface area contributed by atoms with Crippen molar-refractivity contribution in [1.29, 1.82) is 0 Å². The normalized spacial score (nSPS) is 14.3. The van der Waals surface area contributed by atoms with Crippen LogP contribution >= 0.6 is 0 Å². The Bertz CT molecular complexity index is 794. The smallest absolute Gasteiger partial charge is 0.00252 e. The zero-order chi connectivity index (χ0) is 13.0. The van der Waals surface area contributed by atoms with Crippen LogP contribution < -0.4 is 0 Å². The molecule has 0 spiro atoms. The summed E-state index contributed by atoms with van der Waals surface area (Å²) >= 11 is 0. The molecule has 0 radical (unpaired) electrons. The van der Waals surface area contributed by atoms with E-state index in [4.69, 9.17) is 0 Å². The van der Waals surface area contributed by atoms with Crippen molar-refractivity contribution in [2.24, 2.45) is 0 Å². The van der Waals surface area contributed by atoms with Crippen LogP contribution in [0.2, 0.25) is 0 Å². The second-order valence-electron chi connectivity index (χ2n) is 5.33. The second kappa shape index (κ2) is 3.58. The monoisotopic (exact) mass is 242 g/mol. The number of hydrogen-bond donors (Lipinski definition) is 0. The third-order valence-electron chi connectivity index (χ3n) is 4.03. The van der Waals surface area contributed by atoms with E-state index in [-0.39, 0.29) is 0 Å². The molecule has 3 aromatic rings. The predicted octanol–water partition coefficient (Wildman–Crippen LogP) is 5.42. The van der Waals surface area contributed by atoms with E-state index in [0.717, 1.165) is 6.42 Å². The van der Waals surface area contributed by atoms with E-state index in [1.54, 1.807) is 0 Å². The minimum absolute atomic E-state index is 0.908. The number of benzene rings is 3. The van der Waals surface area contributed by atoms with Gasteiger partial charge in [0.15, 0.2) is 0 Å². The van der Waals surface area contributed by atoms with Crippen molar-refractivity contribution >= 4 is 32.7 Å². The largest absolute Gasteiger partial charge is 0.0949 e. The summed E-state index contributed by atoms with van der Waals surface area (Å²) in [5.74, 6) is 0. The molecule has 4 rings (SSSR count). The minimum atomic E-state index is 0.908. The summed E-state index contributed by atoms with van der Waals surface area (Å²) in [6, 6.07) is 17.5. The van der Waals surface area contributed by atoms with E-state index in [2.05, 4.69) is 61.7 Å². The molecule has 0 bridgehead atoms. The first-order chi connectivity index (χ1) is 9.22. The van der Waals surface area contributed by atoms with Crippen molar-refractivity contribution in [2.75, 3.05) is 0 Å². The highest BCUT2D eigenvalue weighted by molar-refractivity contribution is 6.03. The van der Waals surface area contributed by atoms with Crippen LogP contribution in [0.15, 0.2) is 61.7 Å². The fourth-order valence-corrected chi connectivity index (χ4v) is 3.03. The van der Waals surface area contributed by atoms with Gasteiger partial charge in [-0.2, -0.15) is 0 Å². The molecule has 0 nitrogen and oxygen atoms in total. The SMILES string of the molecule is C=C1CC(=C)c2cc3cc4ccccc4cc3cc21. The van der Waals surface area contributed by atoms with Crippen LogP contribution in [-0.2, 0) is 0 Å². The molecule has 90 valence electrons. The number of allylic oxidation sites excluding steroid dienone is 2. The van der Waals surface area contributed by atoms with Gasteiger partial charge in [-0.15, -0.1) is 0 Å². The summed E-state index contributed by atoms with van der Waals surface area (Å²) in [6.07, 6.45) is 0.908. The van der Waals surface area contributed by atoms with Crippen molar-refractivity contribution < 1.29 is 0 Å². The topological polar surface area (TPSA) is 0 Å². The molecule has 0 saturated carbocycles. The van der Waals surface area contributed by atoms with E-state index in [0.29, 0.717) is 0 Å². The van der Waals surface area contributed by atoms with Crippen LogP contribution in [0.4, 0.5) is 0 Å². The first-order valence-electron chi connectivity index (χ1n) is 6.55. The molecule has 0 aromatic heterocycles. The highest BCUT2D eigenvalue weighted by atomic mass is 14.2. The van der Waals surface area contributed by atoms with E-state index in [1.807, 2.05) is 0 Å². The van der Waals surface area contributed by atoms with Crippen molar-refractivity contribution in [1.82, 2.24) is 0 Å². The third kappa shape index (κ3) is 1.47. The van der Waals surface area contributed by atoms with Gasteiger partial charge in [0.05, 0.1) is 0 Å². The summed E-state index contributed by atoms with van der Waals surface area (Å²) in [6.45, 7) is 8.31. The molecule has 3 aromatic carbocycles. The molecule has 0 atom stereocenters. The lowest BCUT2D eigenvalue weighted by Gasteiger charge is -2.06. The molecule has 0 heterocycles. The third-order valence-corrected chi connectivity index (χ3v) is 4.03. The maximum absolute atomic E-state index is 4.15. The van der Waals surface area contributed by atoms with Crippen LogP contribution in [0.5, 0.6) is 0 Å². The van der Waals surface area contributed by atoms with Crippen molar-refractivity contribution in [2.45, 2.75) is 6.42 Å². The van der Waals surface area contributed by atoms with Crippen LogP contribution in [-0.4, -0.2) is 0 Å². The summed E-state index contributed by atoms with van der Waals surface area (Å²) in [5, 5.41) is 5.15. The standard InChI is InChI=1S/C19H14/c1-12-7-13(2)19-11-17-9-15-6-4-3-5-14(15)8-16(17)10-18(12)19/h3-6,8-11H,1-2,7H2. The summed E-state index contributed by atoms with van der Waals surface area (Å²) < 4.78 is 0. The average Bonchev–Trinajstić information content (AvgIpc) is 2.69. The molecule has 0 unspecified atom stereocenters. The van der Waals surface area contributed by atoms with E-state index < -0.39 is 0 Å².